The summed E-state index contributed by atoms with van der Waals surface area (Å²) >= 11 is 6.99. The van der Waals surface area contributed by atoms with Crippen molar-refractivity contribution in [2.75, 3.05) is 5.32 Å². The van der Waals surface area contributed by atoms with Gasteiger partial charge in [0.2, 0.25) is 5.91 Å². The summed E-state index contributed by atoms with van der Waals surface area (Å²) in [6, 6.07) is 5.72. The van der Waals surface area contributed by atoms with E-state index in [-0.39, 0.29) is 11.8 Å². The molecule has 1 aromatic heterocycles. The summed E-state index contributed by atoms with van der Waals surface area (Å²) in [5, 5.41) is 4.86. The van der Waals surface area contributed by atoms with E-state index >= 15 is 0 Å². The summed E-state index contributed by atoms with van der Waals surface area (Å²) in [4.78, 5) is 43.6. The van der Waals surface area contributed by atoms with Crippen molar-refractivity contribution in [3.05, 3.63) is 46.5 Å². The van der Waals surface area contributed by atoms with Crippen LogP contribution in [-0.4, -0.2) is 33.6 Å². The smallest absolute Gasteiger partial charge is 0.262 e. The Morgan fingerprint density at radius 1 is 1.23 bits per heavy atom. The van der Waals surface area contributed by atoms with Crippen LogP contribution in [0.3, 0.4) is 0 Å². The predicted molar refractivity (Wildman–Crippen MR) is 100 cm³/mol. The van der Waals surface area contributed by atoms with E-state index in [1.807, 2.05) is 13.8 Å². The fourth-order valence-electron chi connectivity index (χ4n) is 2.88. The van der Waals surface area contributed by atoms with E-state index in [1.54, 1.807) is 29.6 Å². The number of imide groups is 1. The molecule has 3 rings (SSSR count). The van der Waals surface area contributed by atoms with Crippen LogP contribution in [0.2, 0.25) is 0 Å². The first-order valence-electron chi connectivity index (χ1n) is 8.20. The molecular weight excluding hydrogens is 374 g/mol. The van der Waals surface area contributed by atoms with Gasteiger partial charge in [-0.25, -0.2) is 4.98 Å². The first-order chi connectivity index (χ1) is 12.4. The van der Waals surface area contributed by atoms with Crippen LogP contribution in [0.1, 0.15) is 46.7 Å². The van der Waals surface area contributed by atoms with Crippen LogP contribution >= 0.6 is 22.9 Å². The van der Waals surface area contributed by atoms with Crippen LogP contribution in [-0.2, 0) is 10.7 Å². The molecule has 0 saturated carbocycles. The van der Waals surface area contributed by atoms with Crippen LogP contribution in [0.15, 0.2) is 29.6 Å². The molecule has 1 aromatic carbocycles. The topological polar surface area (TPSA) is 79.4 Å². The van der Waals surface area contributed by atoms with Crippen LogP contribution in [0.25, 0.3) is 0 Å². The number of hydrogen-bond donors (Lipinski definition) is 1. The second-order valence-corrected chi connectivity index (χ2v) is 7.56. The van der Waals surface area contributed by atoms with E-state index in [2.05, 4.69) is 10.3 Å². The molecule has 2 aromatic rings. The number of rotatable bonds is 6. The number of aromatic nitrogens is 1. The molecule has 6 nitrogen and oxygen atoms in total. The van der Waals surface area contributed by atoms with E-state index in [9.17, 15) is 14.4 Å². The maximum Gasteiger partial charge on any atom is 0.262 e. The van der Waals surface area contributed by atoms with Gasteiger partial charge in [-0.2, -0.15) is 0 Å². The van der Waals surface area contributed by atoms with E-state index in [0.717, 1.165) is 4.90 Å². The SMILES string of the molecule is CC(C)CC(C(=O)Nc1nc(CCl)cs1)N1C(=O)c2ccccc2C1=O. The van der Waals surface area contributed by atoms with Crippen LogP contribution in [0.5, 0.6) is 0 Å². The van der Waals surface area contributed by atoms with Gasteiger partial charge in [0.05, 0.1) is 22.7 Å². The average molecular weight is 392 g/mol. The Hall–Kier alpha value is -2.25. The lowest BCUT2D eigenvalue weighted by Crippen LogP contribution is -2.47. The summed E-state index contributed by atoms with van der Waals surface area (Å²) in [6.07, 6.45) is 0.366. The maximum absolute atomic E-state index is 12.9. The molecule has 136 valence electrons. The van der Waals surface area contributed by atoms with Gasteiger partial charge < -0.3 is 5.32 Å². The molecule has 1 N–H and O–H groups in total. The standard InChI is InChI=1S/C18H18ClN3O3S/c1-10(2)7-14(15(23)21-18-20-11(8-19)9-26-18)22-16(24)12-5-3-4-6-13(12)17(22)25/h3-6,9-10,14H,7-8H2,1-2H3,(H,20,21,23). The number of hydrogen-bond acceptors (Lipinski definition) is 5. The number of thiazole rings is 1. The molecule has 1 aliphatic heterocycles. The van der Waals surface area contributed by atoms with Crippen molar-refractivity contribution in [1.82, 2.24) is 9.88 Å². The molecule has 1 unspecified atom stereocenters. The largest absolute Gasteiger partial charge is 0.300 e. The van der Waals surface area contributed by atoms with Gasteiger partial charge in [-0.3, -0.25) is 19.3 Å². The van der Waals surface area contributed by atoms with Crippen molar-refractivity contribution in [3.8, 4) is 0 Å². The van der Waals surface area contributed by atoms with Gasteiger partial charge in [-0.15, -0.1) is 22.9 Å². The van der Waals surface area contributed by atoms with E-state index in [0.29, 0.717) is 28.4 Å². The number of anilines is 1. The summed E-state index contributed by atoms with van der Waals surface area (Å²) in [6.45, 7) is 3.88. The third-order valence-corrected chi connectivity index (χ3v) is 5.13. The Morgan fingerprint density at radius 3 is 2.35 bits per heavy atom. The molecule has 1 aliphatic rings. The second kappa shape index (κ2) is 7.55. The Morgan fingerprint density at radius 2 is 1.85 bits per heavy atom. The van der Waals surface area contributed by atoms with Gasteiger partial charge in [-0.1, -0.05) is 26.0 Å². The molecule has 0 aliphatic carbocycles. The lowest BCUT2D eigenvalue weighted by atomic mass is 10.0. The Balaban J connectivity index is 1.87. The van der Waals surface area contributed by atoms with Crippen molar-refractivity contribution >= 4 is 45.8 Å². The molecule has 0 saturated heterocycles. The van der Waals surface area contributed by atoms with Crippen molar-refractivity contribution in [2.45, 2.75) is 32.2 Å². The summed E-state index contributed by atoms with van der Waals surface area (Å²) in [5.41, 5.74) is 1.32. The van der Waals surface area contributed by atoms with E-state index in [1.165, 1.54) is 11.3 Å². The van der Waals surface area contributed by atoms with Crippen LogP contribution < -0.4 is 5.32 Å². The second-order valence-electron chi connectivity index (χ2n) is 6.44. The summed E-state index contributed by atoms with van der Waals surface area (Å²) in [7, 11) is 0. The zero-order valence-corrected chi connectivity index (χ0v) is 15.9. The minimum Gasteiger partial charge on any atom is -0.300 e. The van der Waals surface area contributed by atoms with Crippen LogP contribution in [0, 0.1) is 5.92 Å². The minimum absolute atomic E-state index is 0.116. The third-order valence-electron chi connectivity index (χ3n) is 4.05. The van der Waals surface area contributed by atoms with Crippen molar-refractivity contribution in [3.63, 3.8) is 0 Å². The number of halogens is 1. The highest BCUT2D eigenvalue weighted by Gasteiger charge is 2.42. The monoisotopic (exact) mass is 391 g/mol. The molecule has 26 heavy (non-hydrogen) atoms. The molecule has 0 bridgehead atoms. The first kappa shape index (κ1) is 18.5. The third kappa shape index (κ3) is 3.50. The molecule has 0 spiro atoms. The number of alkyl halides is 1. The highest BCUT2D eigenvalue weighted by molar-refractivity contribution is 7.14. The Bertz CT molecular complexity index is 830. The molecule has 2 heterocycles. The van der Waals surface area contributed by atoms with Crippen LogP contribution in [0.4, 0.5) is 5.13 Å². The van der Waals surface area contributed by atoms with E-state index < -0.39 is 23.8 Å². The normalized spacial score (nSPS) is 14.7. The average Bonchev–Trinajstić information content (AvgIpc) is 3.16. The van der Waals surface area contributed by atoms with Gasteiger partial charge in [0.1, 0.15) is 6.04 Å². The minimum atomic E-state index is -0.897. The predicted octanol–water partition coefficient (Wildman–Crippen LogP) is 3.53. The van der Waals surface area contributed by atoms with Gasteiger partial charge in [0, 0.05) is 5.38 Å². The summed E-state index contributed by atoms with van der Waals surface area (Å²) < 4.78 is 0. The lowest BCUT2D eigenvalue weighted by molar-refractivity contribution is -0.120. The number of benzene rings is 1. The first-order valence-corrected chi connectivity index (χ1v) is 9.62. The lowest BCUT2D eigenvalue weighted by Gasteiger charge is -2.26. The fraction of sp³-hybridized carbons (Fsp3) is 0.333. The number of carbonyl (C=O) groups excluding carboxylic acids is 3. The maximum atomic E-state index is 12.9. The quantitative estimate of drug-likeness (QED) is 0.603. The summed E-state index contributed by atoms with van der Waals surface area (Å²) in [5.74, 6) is -0.937. The highest BCUT2D eigenvalue weighted by Crippen LogP contribution is 2.28. The molecule has 0 radical (unpaired) electrons. The zero-order chi connectivity index (χ0) is 18.8. The highest BCUT2D eigenvalue weighted by atomic mass is 35.5. The fourth-order valence-corrected chi connectivity index (χ4v) is 3.82. The van der Waals surface area contributed by atoms with Gasteiger partial charge in [0.25, 0.3) is 11.8 Å². The number of carbonyl (C=O) groups is 3. The number of fused-ring (bicyclic) bond motifs is 1. The molecular formula is C18H18ClN3O3S. The molecule has 1 atom stereocenters. The number of nitrogens with zero attached hydrogens (tertiary/aromatic N) is 2. The molecule has 3 amide bonds. The van der Waals surface area contributed by atoms with Gasteiger partial charge >= 0.3 is 0 Å². The van der Waals surface area contributed by atoms with Crippen molar-refractivity contribution in [2.24, 2.45) is 5.92 Å². The zero-order valence-electron chi connectivity index (χ0n) is 14.4. The van der Waals surface area contributed by atoms with Crippen molar-refractivity contribution < 1.29 is 14.4 Å². The Labute approximate surface area is 160 Å². The van der Waals surface area contributed by atoms with Gasteiger partial charge in [-0.05, 0) is 24.5 Å². The van der Waals surface area contributed by atoms with Crippen molar-refractivity contribution in [1.29, 1.82) is 0 Å². The molecule has 8 heteroatoms. The van der Waals surface area contributed by atoms with E-state index in [4.69, 9.17) is 11.6 Å². The Kier molecular flexibility index (Phi) is 5.38. The number of nitrogens with one attached hydrogen (secondary N) is 1. The number of amides is 3. The molecule has 0 fully saturated rings. The van der Waals surface area contributed by atoms with Gasteiger partial charge in [0.15, 0.2) is 5.13 Å².